The minimum absolute atomic E-state index is 0. The largest absolute Gasteiger partial charge is 0.316 e. The first-order valence-electron chi connectivity index (χ1n) is 5.54. The van der Waals surface area contributed by atoms with Gasteiger partial charge in [0.2, 0.25) is 0 Å². The Morgan fingerprint density at radius 2 is 1.65 bits per heavy atom. The number of hydrogen-bond acceptors (Lipinski definition) is 1. The van der Waals surface area contributed by atoms with Gasteiger partial charge in [-0.15, -0.1) is 12.4 Å². The van der Waals surface area contributed by atoms with E-state index in [0.29, 0.717) is 13.0 Å². The number of nitrogens with one attached hydrogen (secondary N) is 1. The van der Waals surface area contributed by atoms with E-state index in [1.165, 1.54) is 18.2 Å². The molecule has 0 unspecified atom stereocenters. The lowest BCUT2D eigenvalue weighted by molar-refractivity contribution is 0.380. The summed E-state index contributed by atoms with van der Waals surface area (Å²) in [5.74, 6) is -0.921. The molecule has 1 aromatic carbocycles. The lowest BCUT2D eigenvalue weighted by atomic mass is 9.97. The first-order valence-corrected chi connectivity index (χ1v) is 5.54. The van der Waals surface area contributed by atoms with Gasteiger partial charge in [0, 0.05) is 12.1 Å². The highest BCUT2D eigenvalue weighted by Crippen LogP contribution is 2.13. The van der Waals surface area contributed by atoms with Gasteiger partial charge in [-0.2, -0.15) is 0 Å². The second-order valence-corrected chi connectivity index (χ2v) is 5.19. The Hall–Kier alpha value is -0.670. The fraction of sp³-hybridized carbons (Fsp3) is 0.538. The summed E-state index contributed by atoms with van der Waals surface area (Å²) in [6, 6.07) is 3.97. The molecule has 1 nitrogen and oxygen atoms in total. The van der Waals surface area contributed by atoms with Gasteiger partial charge in [0.05, 0.1) is 0 Å². The van der Waals surface area contributed by atoms with E-state index in [0.717, 1.165) is 6.54 Å². The van der Waals surface area contributed by atoms with Crippen LogP contribution in [0.15, 0.2) is 18.2 Å². The van der Waals surface area contributed by atoms with Crippen molar-refractivity contribution in [3.8, 4) is 0 Å². The van der Waals surface area contributed by atoms with E-state index in [1.807, 2.05) is 0 Å². The Labute approximate surface area is 108 Å². The number of hydrogen-bond donors (Lipinski definition) is 1. The van der Waals surface area contributed by atoms with Gasteiger partial charge in [-0.3, -0.25) is 0 Å². The third kappa shape index (κ3) is 5.99. The van der Waals surface area contributed by atoms with Crippen molar-refractivity contribution in [1.29, 1.82) is 0 Å². The van der Waals surface area contributed by atoms with Gasteiger partial charge >= 0.3 is 0 Å². The minimum Gasteiger partial charge on any atom is -0.316 e. The zero-order chi connectivity index (χ0) is 12.2. The summed E-state index contributed by atoms with van der Waals surface area (Å²) in [6.07, 6.45) is 0.384. The monoisotopic (exact) mass is 263 g/mol. The lowest BCUT2D eigenvalue weighted by Gasteiger charge is -2.18. The van der Waals surface area contributed by atoms with Crippen molar-refractivity contribution >= 4 is 12.4 Å². The summed E-state index contributed by atoms with van der Waals surface area (Å²) < 4.78 is 26.5. The Balaban J connectivity index is 0.00000256. The zero-order valence-electron chi connectivity index (χ0n) is 10.5. The standard InChI is InChI=1S/C13H19F2N.ClH/c1-13(2,3)9-16-8-7-10-11(14)5-4-6-12(10)15;/h4-6,16H,7-9H2,1-3H3;1H. The molecule has 98 valence electrons. The maximum absolute atomic E-state index is 13.2. The van der Waals surface area contributed by atoms with E-state index in [9.17, 15) is 8.78 Å². The van der Waals surface area contributed by atoms with E-state index in [-0.39, 0.29) is 23.4 Å². The Kier molecular flexibility index (Phi) is 6.65. The fourth-order valence-electron chi connectivity index (χ4n) is 1.45. The molecule has 1 rings (SSSR count). The molecular formula is C13H20ClF2N. The molecule has 0 atom stereocenters. The second-order valence-electron chi connectivity index (χ2n) is 5.19. The van der Waals surface area contributed by atoms with E-state index < -0.39 is 11.6 Å². The van der Waals surface area contributed by atoms with Gasteiger partial charge in [-0.1, -0.05) is 26.8 Å². The Bertz CT molecular complexity index is 328. The first-order chi connectivity index (χ1) is 7.40. The van der Waals surface area contributed by atoms with E-state index in [2.05, 4.69) is 26.1 Å². The summed E-state index contributed by atoms with van der Waals surface area (Å²) in [5.41, 5.74) is 0.359. The summed E-state index contributed by atoms with van der Waals surface area (Å²) >= 11 is 0. The maximum atomic E-state index is 13.2. The molecule has 0 amide bonds. The SMILES string of the molecule is CC(C)(C)CNCCc1c(F)cccc1F.Cl. The molecule has 0 fully saturated rings. The molecule has 0 aliphatic rings. The van der Waals surface area contributed by atoms with Crippen molar-refractivity contribution in [3.05, 3.63) is 35.4 Å². The molecule has 0 bridgehead atoms. The van der Waals surface area contributed by atoms with Gasteiger partial charge in [0.25, 0.3) is 0 Å². The molecule has 4 heteroatoms. The van der Waals surface area contributed by atoms with Crippen molar-refractivity contribution in [2.24, 2.45) is 5.41 Å². The Morgan fingerprint density at radius 3 is 2.12 bits per heavy atom. The van der Waals surface area contributed by atoms with Crippen molar-refractivity contribution in [2.45, 2.75) is 27.2 Å². The van der Waals surface area contributed by atoms with Crippen molar-refractivity contribution < 1.29 is 8.78 Å². The quantitative estimate of drug-likeness (QED) is 0.819. The van der Waals surface area contributed by atoms with Crippen molar-refractivity contribution in [1.82, 2.24) is 5.32 Å². The molecular weight excluding hydrogens is 244 g/mol. The van der Waals surface area contributed by atoms with Gasteiger partial charge < -0.3 is 5.32 Å². The van der Waals surface area contributed by atoms with Crippen LogP contribution < -0.4 is 5.32 Å². The van der Waals surface area contributed by atoms with Crippen LogP contribution in [0.5, 0.6) is 0 Å². The van der Waals surface area contributed by atoms with Crippen LogP contribution in [0.1, 0.15) is 26.3 Å². The molecule has 0 aliphatic carbocycles. The second kappa shape index (κ2) is 6.92. The van der Waals surface area contributed by atoms with Crippen molar-refractivity contribution in [3.63, 3.8) is 0 Å². The van der Waals surface area contributed by atoms with Crippen LogP contribution in [0.2, 0.25) is 0 Å². The molecule has 17 heavy (non-hydrogen) atoms. The van der Waals surface area contributed by atoms with Crippen LogP contribution in [-0.2, 0) is 6.42 Å². The highest BCUT2D eigenvalue weighted by molar-refractivity contribution is 5.85. The maximum Gasteiger partial charge on any atom is 0.129 e. The predicted octanol–water partition coefficient (Wildman–Crippen LogP) is 3.56. The highest BCUT2D eigenvalue weighted by atomic mass is 35.5. The van der Waals surface area contributed by atoms with Crippen LogP contribution in [-0.4, -0.2) is 13.1 Å². The smallest absolute Gasteiger partial charge is 0.129 e. The number of rotatable bonds is 4. The summed E-state index contributed by atoms with van der Waals surface area (Å²) in [6.45, 7) is 7.77. The van der Waals surface area contributed by atoms with Crippen LogP contribution in [0, 0.1) is 17.0 Å². The third-order valence-corrected chi connectivity index (χ3v) is 2.27. The van der Waals surface area contributed by atoms with Crippen LogP contribution in [0.3, 0.4) is 0 Å². The summed E-state index contributed by atoms with van der Waals surface area (Å²) in [4.78, 5) is 0. The van der Waals surface area contributed by atoms with Gasteiger partial charge in [0.15, 0.2) is 0 Å². The van der Waals surface area contributed by atoms with Gasteiger partial charge in [-0.25, -0.2) is 8.78 Å². The van der Waals surface area contributed by atoms with Crippen molar-refractivity contribution in [2.75, 3.05) is 13.1 Å². The zero-order valence-corrected chi connectivity index (χ0v) is 11.3. The Morgan fingerprint density at radius 1 is 1.12 bits per heavy atom. The summed E-state index contributed by atoms with van der Waals surface area (Å²) in [5, 5.41) is 3.19. The highest BCUT2D eigenvalue weighted by Gasteiger charge is 2.10. The van der Waals surface area contributed by atoms with Crippen LogP contribution >= 0.6 is 12.4 Å². The molecule has 1 aromatic rings. The number of benzene rings is 1. The molecule has 0 radical (unpaired) electrons. The lowest BCUT2D eigenvalue weighted by Crippen LogP contribution is -2.28. The van der Waals surface area contributed by atoms with E-state index >= 15 is 0 Å². The molecule has 0 aliphatic heterocycles. The molecule has 0 spiro atoms. The molecule has 0 aromatic heterocycles. The average molecular weight is 264 g/mol. The number of halogens is 3. The van der Waals surface area contributed by atoms with Gasteiger partial charge in [0.1, 0.15) is 11.6 Å². The van der Waals surface area contributed by atoms with Crippen LogP contribution in [0.4, 0.5) is 8.78 Å². The summed E-state index contributed by atoms with van der Waals surface area (Å²) in [7, 11) is 0. The average Bonchev–Trinajstić information content (AvgIpc) is 2.14. The molecule has 0 heterocycles. The van der Waals surface area contributed by atoms with E-state index in [1.54, 1.807) is 0 Å². The molecule has 0 saturated carbocycles. The van der Waals surface area contributed by atoms with Gasteiger partial charge in [-0.05, 0) is 30.5 Å². The third-order valence-electron chi connectivity index (χ3n) is 2.27. The minimum atomic E-state index is -0.461. The first kappa shape index (κ1) is 16.3. The van der Waals surface area contributed by atoms with E-state index in [4.69, 9.17) is 0 Å². The topological polar surface area (TPSA) is 12.0 Å². The normalized spacial score (nSPS) is 11.1. The molecule has 1 N–H and O–H groups in total. The molecule has 0 saturated heterocycles. The van der Waals surface area contributed by atoms with Crippen LogP contribution in [0.25, 0.3) is 0 Å². The predicted molar refractivity (Wildman–Crippen MR) is 69.6 cm³/mol. The fourth-order valence-corrected chi connectivity index (χ4v) is 1.45.